The maximum atomic E-state index is 12.8. The van der Waals surface area contributed by atoms with E-state index in [2.05, 4.69) is 16.3 Å². The number of para-hydroxylation sites is 1. The highest BCUT2D eigenvalue weighted by atomic mass is 16.5. The van der Waals surface area contributed by atoms with E-state index < -0.39 is 0 Å². The van der Waals surface area contributed by atoms with Gasteiger partial charge in [0, 0.05) is 43.1 Å². The molecule has 5 nitrogen and oxygen atoms in total. The Bertz CT molecular complexity index is 650. The summed E-state index contributed by atoms with van der Waals surface area (Å²) in [6.45, 7) is 2.42. The molecule has 2 amide bonds. The molecular formula is C20H26N2O3. The first kappa shape index (κ1) is 16.6. The number of carbonyl (C=O) groups excluding carboxylic acids is 2. The summed E-state index contributed by atoms with van der Waals surface area (Å²) in [4.78, 5) is 27.1. The highest BCUT2D eigenvalue weighted by Gasteiger charge is 2.35. The van der Waals surface area contributed by atoms with Gasteiger partial charge in [-0.25, -0.2) is 0 Å². The van der Waals surface area contributed by atoms with Crippen LogP contribution in [0, 0.1) is 11.8 Å². The van der Waals surface area contributed by atoms with Crippen LogP contribution in [0.1, 0.15) is 37.7 Å². The van der Waals surface area contributed by atoms with E-state index in [1.807, 2.05) is 18.2 Å². The van der Waals surface area contributed by atoms with Crippen LogP contribution in [0.4, 0.5) is 5.69 Å². The number of carbonyl (C=O) groups is 2. The predicted molar refractivity (Wildman–Crippen MR) is 95.2 cm³/mol. The van der Waals surface area contributed by atoms with Crippen molar-refractivity contribution >= 4 is 17.5 Å². The smallest absolute Gasteiger partial charge is 0.227 e. The zero-order valence-electron chi connectivity index (χ0n) is 14.6. The topological polar surface area (TPSA) is 58.6 Å². The van der Waals surface area contributed by atoms with E-state index in [1.54, 1.807) is 0 Å². The van der Waals surface area contributed by atoms with Gasteiger partial charge in [-0.2, -0.15) is 0 Å². The van der Waals surface area contributed by atoms with Gasteiger partial charge in [-0.3, -0.25) is 9.59 Å². The molecule has 2 heterocycles. The predicted octanol–water partition coefficient (Wildman–Crippen LogP) is 2.61. The summed E-state index contributed by atoms with van der Waals surface area (Å²) in [7, 11) is 0. The lowest BCUT2D eigenvalue weighted by molar-refractivity contribution is -0.133. The summed E-state index contributed by atoms with van der Waals surface area (Å²) in [6, 6.07) is 8.35. The third-order valence-corrected chi connectivity index (χ3v) is 5.61. The van der Waals surface area contributed by atoms with Gasteiger partial charge in [0.1, 0.15) is 0 Å². The number of anilines is 1. The molecule has 4 rings (SSSR count). The van der Waals surface area contributed by atoms with Crippen LogP contribution in [0.25, 0.3) is 0 Å². The molecule has 2 aliphatic heterocycles. The van der Waals surface area contributed by atoms with Gasteiger partial charge < -0.3 is 15.0 Å². The number of benzene rings is 1. The third kappa shape index (κ3) is 3.87. The van der Waals surface area contributed by atoms with E-state index in [-0.39, 0.29) is 17.7 Å². The summed E-state index contributed by atoms with van der Waals surface area (Å²) < 4.78 is 5.45. The van der Waals surface area contributed by atoms with Gasteiger partial charge in [0.2, 0.25) is 11.8 Å². The Hall–Kier alpha value is -1.88. The summed E-state index contributed by atoms with van der Waals surface area (Å²) in [5, 5.41) is 2.98. The first-order valence-electron chi connectivity index (χ1n) is 9.46. The van der Waals surface area contributed by atoms with E-state index in [1.165, 1.54) is 5.56 Å². The van der Waals surface area contributed by atoms with Crippen molar-refractivity contribution in [1.29, 1.82) is 0 Å². The molecule has 1 aromatic rings. The molecule has 2 fully saturated rings. The normalized spacial score (nSPS) is 25.4. The fourth-order valence-corrected chi connectivity index (χ4v) is 3.93. The van der Waals surface area contributed by atoms with E-state index >= 15 is 0 Å². The standard InChI is InChI=1S/C20H26N2O3/c23-19(22(17-6-7-17)12-14-9-10-25-13-14)8-5-16-11-15-3-1-2-4-18(15)21-20(16)24/h1-4,14,16-17H,5-13H2,(H,21,24). The van der Waals surface area contributed by atoms with Gasteiger partial charge in [0.25, 0.3) is 0 Å². The second-order valence-corrected chi connectivity index (χ2v) is 7.59. The number of fused-ring (bicyclic) bond motifs is 1. The van der Waals surface area contributed by atoms with Gasteiger partial charge in [0.15, 0.2) is 0 Å². The minimum absolute atomic E-state index is 0.0497. The molecule has 0 spiro atoms. The summed E-state index contributed by atoms with van der Waals surface area (Å²) >= 11 is 0. The zero-order valence-corrected chi connectivity index (χ0v) is 14.6. The highest BCUT2D eigenvalue weighted by molar-refractivity contribution is 5.96. The first-order valence-corrected chi connectivity index (χ1v) is 9.46. The van der Waals surface area contributed by atoms with Crippen LogP contribution < -0.4 is 5.32 Å². The Morgan fingerprint density at radius 1 is 1.24 bits per heavy atom. The van der Waals surface area contributed by atoms with Crippen LogP contribution >= 0.6 is 0 Å². The molecule has 134 valence electrons. The van der Waals surface area contributed by atoms with Gasteiger partial charge in [-0.15, -0.1) is 0 Å². The van der Waals surface area contributed by atoms with Crippen LogP contribution in [0.3, 0.4) is 0 Å². The van der Waals surface area contributed by atoms with E-state index in [4.69, 9.17) is 4.74 Å². The molecule has 25 heavy (non-hydrogen) atoms. The Morgan fingerprint density at radius 2 is 2.08 bits per heavy atom. The van der Waals surface area contributed by atoms with E-state index in [9.17, 15) is 9.59 Å². The van der Waals surface area contributed by atoms with Gasteiger partial charge >= 0.3 is 0 Å². The SMILES string of the molecule is O=C1Nc2ccccc2CC1CCC(=O)N(CC1CCOC1)C1CC1. The first-order chi connectivity index (χ1) is 12.2. The molecule has 0 bridgehead atoms. The zero-order chi connectivity index (χ0) is 17.2. The monoisotopic (exact) mass is 342 g/mol. The highest BCUT2D eigenvalue weighted by Crippen LogP contribution is 2.31. The van der Waals surface area contributed by atoms with Gasteiger partial charge in [-0.1, -0.05) is 18.2 Å². The molecule has 0 aromatic heterocycles. The summed E-state index contributed by atoms with van der Waals surface area (Å²) in [5.74, 6) is 0.638. The van der Waals surface area contributed by atoms with E-state index in [0.717, 1.165) is 51.1 Å². The van der Waals surface area contributed by atoms with Crippen molar-refractivity contribution in [2.45, 2.75) is 44.6 Å². The molecule has 1 aromatic carbocycles. The number of hydrogen-bond acceptors (Lipinski definition) is 3. The molecule has 2 atom stereocenters. The number of amides is 2. The average Bonchev–Trinajstić information content (AvgIpc) is 3.33. The van der Waals surface area contributed by atoms with E-state index in [0.29, 0.717) is 24.8 Å². The second kappa shape index (κ2) is 7.16. The molecule has 3 aliphatic rings. The minimum Gasteiger partial charge on any atom is -0.381 e. The molecule has 1 saturated carbocycles. The number of nitrogens with one attached hydrogen (secondary N) is 1. The number of ether oxygens (including phenoxy) is 1. The molecule has 0 radical (unpaired) electrons. The summed E-state index contributed by atoms with van der Waals surface area (Å²) in [5.41, 5.74) is 2.08. The van der Waals surface area contributed by atoms with Gasteiger partial charge in [0.05, 0.1) is 6.61 Å². The Kier molecular flexibility index (Phi) is 4.75. The van der Waals surface area contributed by atoms with Crippen molar-refractivity contribution in [2.75, 3.05) is 25.1 Å². The molecule has 1 aliphatic carbocycles. The van der Waals surface area contributed by atoms with Gasteiger partial charge in [-0.05, 0) is 43.7 Å². The third-order valence-electron chi connectivity index (χ3n) is 5.61. The van der Waals surface area contributed by atoms with Crippen LogP contribution in [-0.2, 0) is 20.7 Å². The lowest BCUT2D eigenvalue weighted by atomic mass is 9.89. The molecule has 1 N–H and O–H groups in total. The van der Waals surface area contributed by atoms with Crippen molar-refractivity contribution in [3.05, 3.63) is 29.8 Å². The number of hydrogen-bond donors (Lipinski definition) is 1. The molecular weight excluding hydrogens is 316 g/mol. The Morgan fingerprint density at radius 3 is 2.84 bits per heavy atom. The fraction of sp³-hybridized carbons (Fsp3) is 0.600. The second-order valence-electron chi connectivity index (χ2n) is 7.59. The quantitative estimate of drug-likeness (QED) is 0.864. The fourth-order valence-electron chi connectivity index (χ4n) is 3.93. The van der Waals surface area contributed by atoms with Crippen LogP contribution in [0.5, 0.6) is 0 Å². The number of rotatable bonds is 6. The van der Waals surface area contributed by atoms with Crippen LogP contribution in [-0.4, -0.2) is 42.5 Å². The largest absolute Gasteiger partial charge is 0.381 e. The average molecular weight is 342 g/mol. The van der Waals surface area contributed by atoms with Crippen molar-refractivity contribution in [3.63, 3.8) is 0 Å². The van der Waals surface area contributed by atoms with Crippen molar-refractivity contribution in [3.8, 4) is 0 Å². The van der Waals surface area contributed by atoms with Crippen LogP contribution in [0.15, 0.2) is 24.3 Å². The number of nitrogens with zero attached hydrogens (tertiary/aromatic N) is 1. The lowest BCUT2D eigenvalue weighted by Gasteiger charge is -2.27. The maximum Gasteiger partial charge on any atom is 0.227 e. The lowest BCUT2D eigenvalue weighted by Crippen LogP contribution is -2.38. The van der Waals surface area contributed by atoms with Crippen molar-refractivity contribution in [2.24, 2.45) is 11.8 Å². The maximum absolute atomic E-state index is 12.8. The molecule has 2 unspecified atom stereocenters. The Labute approximate surface area is 148 Å². The summed E-state index contributed by atoms with van der Waals surface area (Å²) in [6.07, 6.45) is 5.12. The van der Waals surface area contributed by atoms with Crippen LogP contribution in [0.2, 0.25) is 0 Å². The molecule has 5 heteroatoms. The van der Waals surface area contributed by atoms with Crippen molar-refractivity contribution in [1.82, 2.24) is 4.90 Å². The Balaban J connectivity index is 1.33. The minimum atomic E-state index is -0.102. The molecule has 1 saturated heterocycles. The van der Waals surface area contributed by atoms with Crippen molar-refractivity contribution < 1.29 is 14.3 Å².